The van der Waals surface area contributed by atoms with E-state index in [1.807, 2.05) is 29.9 Å². The molecule has 20 heavy (non-hydrogen) atoms. The summed E-state index contributed by atoms with van der Waals surface area (Å²) in [6, 6.07) is 5.83. The van der Waals surface area contributed by atoms with E-state index in [4.69, 9.17) is 0 Å². The number of Topliss-reactive ketones (excluding diaryl/α,β-unsaturated/α-hetero) is 1. The first-order chi connectivity index (χ1) is 9.65. The van der Waals surface area contributed by atoms with E-state index in [2.05, 4.69) is 21.9 Å². The lowest BCUT2D eigenvalue weighted by Gasteiger charge is -2.31. The molecular formula is C15H20N4O. The van der Waals surface area contributed by atoms with Crippen molar-refractivity contribution >= 4 is 16.7 Å². The number of carbonyl (C=O) groups excluding carboxylic acids is 1. The van der Waals surface area contributed by atoms with Crippen LogP contribution in [0.25, 0.3) is 10.9 Å². The Balaban J connectivity index is 1.79. The summed E-state index contributed by atoms with van der Waals surface area (Å²) in [7, 11) is 4.02. The van der Waals surface area contributed by atoms with Crippen LogP contribution in [0.2, 0.25) is 0 Å². The van der Waals surface area contributed by atoms with Gasteiger partial charge in [-0.3, -0.25) is 14.4 Å². The van der Waals surface area contributed by atoms with Gasteiger partial charge in [0.2, 0.25) is 0 Å². The molecule has 0 aliphatic carbocycles. The van der Waals surface area contributed by atoms with Crippen molar-refractivity contribution in [3.63, 3.8) is 0 Å². The fourth-order valence-electron chi connectivity index (χ4n) is 2.71. The van der Waals surface area contributed by atoms with Gasteiger partial charge >= 0.3 is 0 Å². The van der Waals surface area contributed by atoms with Gasteiger partial charge in [0.1, 0.15) is 0 Å². The van der Waals surface area contributed by atoms with E-state index in [-0.39, 0.29) is 5.78 Å². The summed E-state index contributed by atoms with van der Waals surface area (Å²) in [6.45, 7) is 4.49. The third-order valence-corrected chi connectivity index (χ3v) is 4.06. The number of rotatable bonds is 3. The van der Waals surface area contributed by atoms with Gasteiger partial charge in [-0.1, -0.05) is 12.1 Å². The van der Waals surface area contributed by atoms with Crippen LogP contribution in [0.4, 0.5) is 0 Å². The SMILES string of the molecule is CN1CCN(CC(=O)c2cccc3c2cnn3C)CC1. The minimum absolute atomic E-state index is 0.188. The summed E-state index contributed by atoms with van der Waals surface area (Å²) < 4.78 is 1.81. The lowest BCUT2D eigenvalue weighted by molar-refractivity contribution is 0.0878. The van der Waals surface area contributed by atoms with Gasteiger partial charge in [0.15, 0.2) is 5.78 Å². The van der Waals surface area contributed by atoms with Crippen LogP contribution < -0.4 is 0 Å². The van der Waals surface area contributed by atoms with Crippen LogP contribution in [0.3, 0.4) is 0 Å². The van der Waals surface area contributed by atoms with Crippen LogP contribution in [-0.2, 0) is 7.05 Å². The number of likely N-dealkylation sites (N-methyl/N-ethyl adjacent to an activating group) is 1. The molecule has 2 aromatic rings. The van der Waals surface area contributed by atoms with Crippen molar-refractivity contribution in [3.05, 3.63) is 30.0 Å². The summed E-state index contributed by atoms with van der Waals surface area (Å²) in [5, 5.41) is 5.19. The second-order valence-corrected chi connectivity index (χ2v) is 5.51. The van der Waals surface area contributed by atoms with Crippen molar-refractivity contribution in [2.24, 2.45) is 7.05 Å². The highest BCUT2D eigenvalue weighted by molar-refractivity contribution is 6.08. The normalized spacial score (nSPS) is 17.7. The van der Waals surface area contributed by atoms with Crippen molar-refractivity contribution < 1.29 is 4.79 Å². The molecule has 106 valence electrons. The molecular weight excluding hydrogens is 252 g/mol. The number of benzene rings is 1. The van der Waals surface area contributed by atoms with Gasteiger partial charge in [0.25, 0.3) is 0 Å². The van der Waals surface area contributed by atoms with E-state index in [0.29, 0.717) is 6.54 Å². The zero-order valence-corrected chi connectivity index (χ0v) is 12.0. The maximum atomic E-state index is 12.5. The number of hydrogen-bond donors (Lipinski definition) is 0. The van der Waals surface area contributed by atoms with Crippen molar-refractivity contribution in [2.75, 3.05) is 39.8 Å². The minimum atomic E-state index is 0.188. The average molecular weight is 272 g/mol. The number of piperazine rings is 1. The Labute approximate surface area is 118 Å². The number of ketones is 1. The summed E-state index contributed by atoms with van der Waals surface area (Å²) in [5.74, 6) is 0.188. The molecule has 1 aromatic heterocycles. The Morgan fingerprint density at radius 3 is 2.70 bits per heavy atom. The van der Waals surface area contributed by atoms with Crippen molar-refractivity contribution in [1.82, 2.24) is 19.6 Å². The number of hydrogen-bond acceptors (Lipinski definition) is 4. The molecule has 1 saturated heterocycles. The zero-order valence-electron chi connectivity index (χ0n) is 12.0. The first kappa shape index (κ1) is 13.3. The highest BCUT2D eigenvalue weighted by Gasteiger charge is 2.19. The molecule has 0 N–H and O–H groups in total. The summed E-state index contributed by atoms with van der Waals surface area (Å²) >= 11 is 0. The molecule has 0 bridgehead atoms. The maximum Gasteiger partial charge on any atom is 0.177 e. The topological polar surface area (TPSA) is 41.4 Å². The smallest absolute Gasteiger partial charge is 0.177 e. The Morgan fingerprint density at radius 1 is 1.20 bits per heavy atom. The average Bonchev–Trinajstić information content (AvgIpc) is 2.83. The molecule has 2 heterocycles. The quantitative estimate of drug-likeness (QED) is 0.782. The van der Waals surface area contributed by atoms with Gasteiger partial charge in [0.05, 0.1) is 18.3 Å². The van der Waals surface area contributed by atoms with Gasteiger partial charge in [-0.05, 0) is 13.1 Å². The Bertz CT molecular complexity index is 626. The van der Waals surface area contributed by atoms with Gasteiger partial charge < -0.3 is 4.90 Å². The maximum absolute atomic E-state index is 12.5. The van der Waals surface area contributed by atoms with Gasteiger partial charge in [0, 0.05) is 44.2 Å². The zero-order chi connectivity index (χ0) is 14.1. The first-order valence-corrected chi connectivity index (χ1v) is 7.00. The second-order valence-electron chi connectivity index (χ2n) is 5.51. The molecule has 0 radical (unpaired) electrons. The van der Waals surface area contributed by atoms with E-state index in [9.17, 15) is 4.79 Å². The third kappa shape index (κ3) is 2.46. The molecule has 1 fully saturated rings. The van der Waals surface area contributed by atoms with E-state index in [1.165, 1.54) is 0 Å². The highest BCUT2D eigenvalue weighted by Crippen LogP contribution is 2.18. The van der Waals surface area contributed by atoms with Crippen molar-refractivity contribution in [1.29, 1.82) is 0 Å². The minimum Gasteiger partial charge on any atom is -0.304 e. The van der Waals surface area contributed by atoms with Crippen LogP contribution in [-0.4, -0.2) is 65.1 Å². The van der Waals surface area contributed by atoms with Crippen molar-refractivity contribution in [3.8, 4) is 0 Å². The fourth-order valence-corrected chi connectivity index (χ4v) is 2.71. The number of aryl methyl sites for hydroxylation is 1. The van der Waals surface area contributed by atoms with Crippen LogP contribution in [0.5, 0.6) is 0 Å². The lowest BCUT2D eigenvalue weighted by atomic mass is 10.1. The van der Waals surface area contributed by atoms with E-state index in [1.54, 1.807) is 6.20 Å². The van der Waals surface area contributed by atoms with Crippen LogP contribution in [0.15, 0.2) is 24.4 Å². The van der Waals surface area contributed by atoms with Crippen LogP contribution in [0.1, 0.15) is 10.4 Å². The molecule has 5 heteroatoms. The van der Waals surface area contributed by atoms with E-state index in [0.717, 1.165) is 42.6 Å². The predicted octanol–water partition coefficient (Wildman–Crippen LogP) is 1.00. The summed E-state index contributed by atoms with van der Waals surface area (Å²) in [4.78, 5) is 17.1. The Hall–Kier alpha value is -1.72. The van der Waals surface area contributed by atoms with Crippen LogP contribution >= 0.6 is 0 Å². The molecule has 1 aromatic carbocycles. The molecule has 1 aliphatic rings. The number of fused-ring (bicyclic) bond motifs is 1. The molecule has 1 aliphatic heterocycles. The Kier molecular flexibility index (Phi) is 3.54. The first-order valence-electron chi connectivity index (χ1n) is 7.00. The molecule has 0 atom stereocenters. The fraction of sp³-hybridized carbons (Fsp3) is 0.467. The van der Waals surface area contributed by atoms with E-state index >= 15 is 0 Å². The Morgan fingerprint density at radius 2 is 1.95 bits per heavy atom. The highest BCUT2D eigenvalue weighted by atomic mass is 16.1. The monoisotopic (exact) mass is 272 g/mol. The largest absolute Gasteiger partial charge is 0.304 e. The summed E-state index contributed by atoms with van der Waals surface area (Å²) in [5.41, 5.74) is 1.80. The lowest BCUT2D eigenvalue weighted by Crippen LogP contribution is -2.46. The van der Waals surface area contributed by atoms with Crippen LogP contribution in [0, 0.1) is 0 Å². The third-order valence-electron chi connectivity index (χ3n) is 4.06. The molecule has 0 unspecified atom stereocenters. The molecule has 0 amide bonds. The molecule has 5 nitrogen and oxygen atoms in total. The van der Waals surface area contributed by atoms with Gasteiger partial charge in [-0.15, -0.1) is 0 Å². The standard InChI is InChI=1S/C15H20N4O/c1-17-6-8-19(9-7-17)11-15(20)12-4-3-5-14-13(12)10-16-18(14)2/h3-5,10H,6-9,11H2,1-2H3. The number of nitrogens with zero attached hydrogens (tertiary/aromatic N) is 4. The molecule has 3 rings (SSSR count). The summed E-state index contributed by atoms with van der Waals surface area (Å²) in [6.07, 6.45) is 1.78. The van der Waals surface area contributed by atoms with Crippen molar-refractivity contribution in [2.45, 2.75) is 0 Å². The van der Waals surface area contributed by atoms with Gasteiger partial charge in [-0.25, -0.2) is 0 Å². The molecule has 0 saturated carbocycles. The molecule has 0 spiro atoms. The number of aromatic nitrogens is 2. The predicted molar refractivity (Wildman–Crippen MR) is 79.0 cm³/mol. The number of carbonyl (C=O) groups is 1. The van der Waals surface area contributed by atoms with E-state index < -0.39 is 0 Å². The second kappa shape index (κ2) is 5.34. The van der Waals surface area contributed by atoms with Gasteiger partial charge in [-0.2, -0.15) is 5.10 Å².